The van der Waals surface area contributed by atoms with Gasteiger partial charge in [0.05, 0.1) is 5.88 Å². The number of nitrogens with zero attached hydrogens (tertiary/aromatic N) is 1. The van der Waals surface area contributed by atoms with Gasteiger partial charge >= 0.3 is 0 Å². The average Bonchev–Trinajstić information content (AvgIpc) is 3.03. The Morgan fingerprint density at radius 1 is 1.05 bits per heavy atom. The summed E-state index contributed by atoms with van der Waals surface area (Å²) in [5, 5.41) is 4.21. The first-order valence-electron chi connectivity index (χ1n) is 6.63. The van der Waals surface area contributed by atoms with Crippen LogP contribution in [0, 0.1) is 0 Å². The second-order valence-electron chi connectivity index (χ2n) is 4.64. The molecule has 2 aromatic carbocycles. The second-order valence-corrected chi connectivity index (χ2v) is 6.10. The zero-order chi connectivity index (χ0) is 13.8. The zero-order valence-electron chi connectivity index (χ0n) is 11.1. The Hall–Kier alpha value is -1.52. The van der Waals surface area contributed by atoms with Crippen molar-refractivity contribution in [3.63, 3.8) is 0 Å². The first-order valence-corrected chi connectivity index (χ1v) is 8.19. The quantitative estimate of drug-likeness (QED) is 0.841. The summed E-state index contributed by atoms with van der Waals surface area (Å²) in [5.74, 6) is 2.14. The van der Waals surface area contributed by atoms with E-state index >= 15 is 0 Å². The first kappa shape index (κ1) is 13.5. The molecule has 0 spiro atoms. The summed E-state index contributed by atoms with van der Waals surface area (Å²) in [6.45, 7) is 1.03. The molecule has 20 heavy (non-hydrogen) atoms. The fourth-order valence-corrected chi connectivity index (χ4v) is 3.53. The van der Waals surface area contributed by atoms with Crippen LogP contribution in [0.3, 0.4) is 0 Å². The van der Waals surface area contributed by atoms with Gasteiger partial charge in [0.25, 0.3) is 0 Å². The minimum atomic E-state index is 0.818. The molecule has 0 unspecified atom stereocenters. The lowest BCUT2D eigenvalue weighted by atomic mass is 10.0. The lowest BCUT2D eigenvalue weighted by molar-refractivity contribution is 0.552. The Morgan fingerprint density at radius 3 is 2.55 bits per heavy atom. The molecule has 4 heteroatoms. The lowest BCUT2D eigenvalue weighted by Gasteiger charge is -2.20. The number of anilines is 1. The van der Waals surface area contributed by atoms with Gasteiger partial charge in [0.1, 0.15) is 0 Å². The van der Waals surface area contributed by atoms with Gasteiger partial charge in [-0.15, -0.1) is 11.8 Å². The summed E-state index contributed by atoms with van der Waals surface area (Å²) in [4.78, 5) is 2.21. The van der Waals surface area contributed by atoms with Crippen molar-refractivity contribution in [2.75, 3.05) is 23.5 Å². The van der Waals surface area contributed by atoms with Crippen LogP contribution in [0.2, 0.25) is 0 Å². The number of rotatable bonds is 2. The SMILES string of the molecule is S=C(Nc1ccccc1-c1ccccc1)N1CCSC1. The molecule has 1 saturated heterocycles. The minimum Gasteiger partial charge on any atom is -0.339 e. The molecule has 2 aromatic rings. The highest BCUT2D eigenvalue weighted by molar-refractivity contribution is 7.99. The highest BCUT2D eigenvalue weighted by Gasteiger charge is 2.16. The van der Waals surface area contributed by atoms with Crippen LogP contribution in [-0.2, 0) is 0 Å². The van der Waals surface area contributed by atoms with Crippen LogP contribution < -0.4 is 5.32 Å². The predicted molar refractivity (Wildman–Crippen MR) is 92.1 cm³/mol. The third-order valence-corrected chi connectivity index (χ3v) is 4.62. The lowest BCUT2D eigenvalue weighted by Crippen LogP contribution is -2.32. The number of hydrogen-bond donors (Lipinski definition) is 1. The number of hydrogen-bond acceptors (Lipinski definition) is 2. The maximum Gasteiger partial charge on any atom is 0.174 e. The number of para-hydroxylation sites is 1. The molecular weight excluding hydrogens is 284 g/mol. The van der Waals surface area contributed by atoms with E-state index in [0.29, 0.717) is 0 Å². The number of thiocarbonyl (C=S) groups is 1. The standard InChI is InChI=1S/C16H16N2S2/c19-16(18-10-11-20-12-18)17-15-9-5-4-8-14(15)13-6-2-1-3-7-13/h1-9H,10-12H2,(H,17,19). The molecule has 0 bridgehead atoms. The van der Waals surface area contributed by atoms with Gasteiger partial charge in [-0.3, -0.25) is 0 Å². The molecule has 102 valence electrons. The topological polar surface area (TPSA) is 15.3 Å². The summed E-state index contributed by atoms with van der Waals surface area (Å²) >= 11 is 7.43. The van der Waals surface area contributed by atoms with Crippen molar-refractivity contribution < 1.29 is 0 Å². The molecule has 1 heterocycles. The van der Waals surface area contributed by atoms with Crippen LogP contribution in [0.25, 0.3) is 11.1 Å². The molecule has 0 saturated carbocycles. The summed E-state index contributed by atoms with van der Waals surface area (Å²) in [5.41, 5.74) is 3.46. The van der Waals surface area contributed by atoms with Gasteiger partial charge in [0, 0.05) is 23.5 Å². The van der Waals surface area contributed by atoms with E-state index in [1.165, 1.54) is 11.1 Å². The van der Waals surface area contributed by atoms with Gasteiger partial charge in [0.15, 0.2) is 5.11 Å². The maximum atomic E-state index is 5.51. The number of nitrogens with one attached hydrogen (secondary N) is 1. The van der Waals surface area contributed by atoms with Crippen LogP contribution >= 0.6 is 24.0 Å². The van der Waals surface area contributed by atoms with E-state index < -0.39 is 0 Å². The van der Waals surface area contributed by atoms with Crippen molar-refractivity contribution in [1.82, 2.24) is 4.90 Å². The zero-order valence-corrected chi connectivity index (χ0v) is 12.7. The summed E-state index contributed by atoms with van der Waals surface area (Å²) in [7, 11) is 0. The van der Waals surface area contributed by atoms with E-state index in [1.807, 2.05) is 23.9 Å². The van der Waals surface area contributed by atoms with Gasteiger partial charge in [-0.1, -0.05) is 48.5 Å². The van der Waals surface area contributed by atoms with E-state index in [2.05, 4.69) is 52.7 Å². The largest absolute Gasteiger partial charge is 0.339 e. The minimum absolute atomic E-state index is 0.818. The molecule has 1 aliphatic heterocycles. The molecule has 1 aliphatic rings. The third-order valence-electron chi connectivity index (χ3n) is 3.29. The van der Waals surface area contributed by atoms with E-state index in [1.54, 1.807) is 0 Å². The van der Waals surface area contributed by atoms with Crippen molar-refractivity contribution >= 4 is 34.8 Å². The molecule has 0 atom stereocenters. The van der Waals surface area contributed by atoms with Crippen LogP contribution in [0.15, 0.2) is 54.6 Å². The van der Waals surface area contributed by atoms with E-state index in [-0.39, 0.29) is 0 Å². The fourth-order valence-electron chi connectivity index (χ4n) is 2.23. The predicted octanol–water partition coefficient (Wildman–Crippen LogP) is 4.06. The molecule has 3 rings (SSSR count). The maximum absolute atomic E-state index is 5.51. The Kier molecular flexibility index (Phi) is 4.23. The Morgan fingerprint density at radius 2 is 1.80 bits per heavy atom. The van der Waals surface area contributed by atoms with Crippen molar-refractivity contribution in [3.8, 4) is 11.1 Å². The first-order chi connectivity index (χ1) is 9.84. The van der Waals surface area contributed by atoms with Gasteiger partial charge in [-0.25, -0.2) is 0 Å². The van der Waals surface area contributed by atoms with Gasteiger partial charge in [-0.05, 0) is 23.8 Å². The monoisotopic (exact) mass is 300 g/mol. The second kappa shape index (κ2) is 6.29. The smallest absolute Gasteiger partial charge is 0.174 e. The molecule has 0 aromatic heterocycles. The summed E-state index contributed by atoms with van der Waals surface area (Å²) < 4.78 is 0. The van der Waals surface area contributed by atoms with Gasteiger partial charge in [-0.2, -0.15) is 0 Å². The third kappa shape index (κ3) is 2.97. The van der Waals surface area contributed by atoms with Crippen LogP contribution in [0.4, 0.5) is 5.69 Å². The Labute approximate surface area is 129 Å². The molecular formula is C16H16N2S2. The number of benzene rings is 2. The van der Waals surface area contributed by atoms with Crippen LogP contribution in [0.1, 0.15) is 0 Å². The van der Waals surface area contributed by atoms with Crippen molar-refractivity contribution in [1.29, 1.82) is 0 Å². The summed E-state index contributed by atoms with van der Waals surface area (Å²) in [6, 6.07) is 18.7. The number of thioether (sulfide) groups is 1. The highest BCUT2D eigenvalue weighted by Crippen LogP contribution is 2.28. The Bertz CT molecular complexity index is 592. The molecule has 0 radical (unpaired) electrons. The van der Waals surface area contributed by atoms with Crippen LogP contribution in [-0.4, -0.2) is 28.2 Å². The summed E-state index contributed by atoms with van der Waals surface area (Å²) in [6.07, 6.45) is 0. The van der Waals surface area contributed by atoms with Crippen molar-refractivity contribution in [3.05, 3.63) is 54.6 Å². The average molecular weight is 300 g/mol. The molecule has 0 aliphatic carbocycles. The van der Waals surface area contributed by atoms with Crippen LogP contribution in [0.5, 0.6) is 0 Å². The van der Waals surface area contributed by atoms with Gasteiger partial charge < -0.3 is 10.2 Å². The molecule has 2 nitrogen and oxygen atoms in total. The molecule has 0 amide bonds. The van der Waals surface area contributed by atoms with E-state index in [4.69, 9.17) is 12.2 Å². The van der Waals surface area contributed by atoms with E-state index in [0.717, 1.165) is 29.0 Å². The molecule has 1 N–H and O–H groups in total. The fraction of sp³-hybridized carbons (Fsp3) is 0.188. The van der Waals surface area contributed by atoms with Crippen molar-refractivity contribution in [2.24, 2.45) is 0 Å². The van der Waals surface area contributed by atoms with Crippen molar-refractivity contribution in [2.45, 2.75) is 0 Å². The van der Waals surface area contributed by atoms with E-state index in [9.17, 15) is 0 Å². The Balaban J connectivity index is 1.85. The van der Waals surface area contributed by atoms with Gasteiger partial charge in [0.2, 0.25) is 0 Å². The highest BCUT2D eigenvalue weighted by atomic mass is 32.2. The normalized spacial score (nSPS) is 14.3. The molecule has 1 fully saturated rings.